The number of hydrogen-bond donors (Lipinski definition) is 1. The number of esters is 1. The van der Waals surface area contributed by atoms with Gasteiger partial charge in [0.25, 0.3) is 0 Å². The van der Waals surface area contributed by atoms with Crippen LogP contribution in [0.2, 0.25) is 0 Å². The van der Waals surface area contributed by atoms with Crippen LogP contribution in [0.25, 0.3) is 0 Å². The summed E-state index contributed by atoms with van der Waals surface area (Å²) in [5.41, 5.74) is 0.131. The van der Waals surface area contributed by atoms with E-state index in [0.29, 0.717) is 6.61 Å². The van der Waals surface area contributed by atoms with E-state index in [4.69, 9.17) is 9.84 Å². The Hall–Kier alpha value is -0.830. The smallest absolute Gasteiger partial charge is 0.336 e. The number of hydrogen-bond acceptors (Lipinski definition) is 3. The maximum Gasteiger partial charge on any atom is 0.336 e. The number of unbranched alkanes of at least 4 members (excludes halogenated alkanes) is 5. The van der Waals surface area contributed by atoms with E-state index in [1.807, 2.05) is 0 Å². The second-order valence-corrected chi connectivity index (χ2v) is 4.10. The predicted molar refractivity (Wildman–Crippen MR) is 65.2 cm³/mol. The zero-order valence-corrected chi connectivity index (χ0v) is 10.5. The highest BCUT2D eigenvalue weighted by Crippen LogP contribution is 2.06. The Morgan fingerprint density at radius 1 is 1.25 bits per heavy atom. The fourth-order valence-electron chi connectivity index (χ4n) is 1.31. The number of carbonyl (C=O) groups is 1. The van der Waals surface area contributed by atoms with E-state index in [2.05, 4.69) is 13.5 Å². The lowest BCUT2D eigenvalue weighted by atomic mass is 10.1. The lowest BCUT2D eigenvalue weighted by Crippen LogP contribution is -2.16. The Morgan fingerprint density at radius 2 is 1.81 bits per heavy atom. The normalized spacial score (nSPS) is 12.2. The number of carbonyl (C=O) groups excluding carboxylic acids is 1. The molecule has 0 aliphatic heterocycles. The molecular formula is C13H24O3. The monoisotopic (exact) mass is 228 g/mol. The maximum absolute atomic E-state index is 11.2. The minimum atomic E-state index is -0.822. The molecule has 0 amide bonds. The SMILES string of the molecule is C=C(C(=O)OCCCCCCCC)C(C)O. The van der Waals surface area contributed by atoms with E-state index >= 15 is 0 Å². The number of aliphatic hydroxyl groups excluding tert-OH is 1. The summed E-state index contributed by atoms with van der Waals surface area (Å²) in [6, 6.07) is 0. The van der Waals surface area contributed by atoms with Gasteiger partial charge in [-0.15, -0.1) is 0 Å². The predicted octanol–water partition coefficient (Wildman–Crippen LogP) is 2.83. The van der Waals surface area contributed by atoms with Crippen LogP contribution in [0, 0.1) is 0 Å². The zero-order chi connectivity index (χ0) is 12.4. The van der Waals surface area contributed by atoms with Gasteiger partial charge in [-0.2, -0.15) is 0 Å². The first-order valence-electron chi connectivity index (χ1n) is 6.13. The van der Waals surface area contributed by atoms with Crippen LogP contribution >= 0.6 is 0 Å². The summed E-state index contributed by atoms with van der Waals surface area (Å²) >= 11 is 0. The van der Waals surface area contributed by atoms with Gasteiger partial charge < -0.3 is 9.84 Å². The molecule has 0 fully saturated rings. The van der Waals surface area contributed by atoms with Crippen LogP contribution in [-0.4, -0.2) is 23.8 Å². The molecule has 0 rings (SSSR count). The van der Waals surface area contributed by atoms with Crippen molar-refractivity contribution < 1.29 is 14.6 Å². The lowest BCUT2D eigenvalue weighted by molar-refractivity contribution is -0.140. The van der Waals surface area contributed by atoms with Crippen molar-refractivity contribution in [2.75, 3.05) is 6.61 Å². The fourth-order valence-corrected chi connectivity index (χ4v) is 1.31. The molecule has 0 spiro atoms. The van der Waals surface area contributed by atoms with Crippen molar-refractivity contribution in [3.63, 3.8) is 0 Å². The van der Waals surface area contributed by atoms with E-state index < -0.39 is 12.1 Å². The maximum atomic E-state index is 11.2. The summed E-state index contributed by atoms with van der Waals surface area (Å²) < 4.78 is 4.97. The highest BCUT2D eigenvalue weighted by atomic mass is 16.5. The topological polar surface area (TPSA) is 46.5 Å². The molecule has 0 aliphatic rings. The quantitative estimate of drug-likeness (QED) is 0.375. The molecule has 0 heterocycles. The highest BCUT2D eigenvalue weighted by molar-refractivity contribution is 5.88. The zero-order valence-electron chi connectivity index (χ0n) is 10.5. The van der Waals surface area contributed by atoms with Crippen molar-refractivity contribution in [2.45, 2.75) is 58.5 Å². The van der Waals surface area contributed by atoms with Crippen molar-refractivity contribution in [1.82, 2.24) is 0 Å². The van der Waals surface area contributed by atoms with Crippen LogP contribution in [0.4, 0.5) is 0 Å². The molecule has 0 aromatic rings. The molecule has 3 heteroatoms. The third-order valence-corrected chi connectivity index (χ3v) is 2.50. The van der Waals surface area contributed by atoms with Crippen LogP contribution in [0.1, 0.15) is 52.4 Å². The summed E-state index contributed by atoms with van der Waals surface area (Å²) in [6.45, 7) is 7.59. The summed E-state index contributed by atoms with van der Waals surface area (Å²) in [7, 11) is 0. The molecule has 1 atom stereocenters. The molecule has 0 radical (unpaired) electrons. The van der Waals surface area contributed by atoms with Gasteiger partial charge in [-0.1, -0.05) is 45.6 Å². The minimum Gasteiger partial charge on any atom is -0.462 e. The molecule has 3 nitrogen and oxygen atoms in total. The Labute approximate surface area is 98.5 Å². The summed E-state index contributed by atoms with van der Waals surface area (Å²) in [4.78, 5) is 11.2. The number of aliphatic hydroxyl groups is 1. The molecule has 94 valence electrons. The summed E-state index contributed by atoms with van der Waals surface area (Å²) in [6.07, 6.45) is 6.13. The van der Waals surface area contributed by atoms with Crippen LogP contribution in [0.3, 0.4) is 0 Å². The van der Waals surface area contributed by atoms with Gasteiger partial charge in [0.15, 0.2) is 0 Å². The molecule has 16 heavy (non-hydrogen) atoms. The van der Waals surface area contributed by atoms with E-state index in [-0.39, 0.29) is 5.57 Å². The standard InChI is InChI=1S/C13H24O3/c1-4-5-6-7-8-9-10-16-13(15)11(2)12(3)14/h12,14H,2,4-10H2,1,3H3. The van der Waals surface area contributed by atoms with Crippen molar-refractivity contribution in [1.29, 1.82) is 0 Å². The second kappa shape index (κ2) is 9.40. The highest BCUT2D eigenvalue weighted by Gasteiger charge is 2.12. The molecule has 1 unspecified atom stereocenters. The Kier molecular flexibility index (Phi) is 8.91. The van der Waals surface area contributed by atoms with Gasteiger partial charge in [-0.05, 0) is 13.3 Å². The molecule has 0 saturated heterocycles. The van der Waals surface area contributed by atoms with Gasteiger partial charge >= 0.3 is 5.97 Å². The first kappa shape index (κ1) is 15.2. The summed E-state index contributed by atoms with van der Waals surface area (Å²) in [5.74, 6) is -0.483. The molecule has 0 aromatic carbocycles. The molecular weight excluding hydrogens is 204 g/mol. The minimum absolute atomic E-state index is 0.131. The van der Waals surface area contributed by atoms with E-state index in [1.54, 1.807) is 0 Å². The van der Waals surface area contributed by atoms with Gasteiger partial charge in [-0.25, -0.2) is 4.79 Å². The average molecular weight is 228 g/mol. The van der Waals surface area contributed by atoms with Crippen molar-refractivity contribution >= 4 is 5.97 Å². The number of ether oxygens (including phenoxy) is 1. The molecule has 1 N–H and O–H groups in total. The Bertz CT molecular complexity index is 209. The molecule has 0 aromatic heterocycles. The molecule has 0 aliphatic carbocycles. The average Bonchev–Trinajstić information content (AvgIpc) is 2.26. The van der Waals surface area contributed by atoms with Gasteiger partial charge in [0, 0.05) is 0 Å². The van der Waals surface area contributed by atoms with Crippen LogP contribution in [-0.2, 0) is 9.53 Å². The summed E-state index contributed by atoms with van der Waals surface area (Å²) in [5, 5.41) is 9.09. The van der Waals surface area contributed by atoms with E-state index in [0.717, 1.165) is 12.8 Å². The lowest BCUT2D eigenvalue weighted by Gasteiger charge is -2.08. The van der Waals surface area contributed by atoms with Crippen LogP contribution < -0.4 is 0 Å². The van der Waals surface area contributed by atoms with Crippen LogP contribution in [0.5, 0.6) is 0 Å². The van der Waals surface area contributed by atoms with Crippen molar-refractivity contribution in [3.05, 3.63) is 12.2 Å². The first-order chi connectivity index (χ1) is 7.59. The third kappa shape index (κ3) is 7.46. The van der Waals surface area contributed by atoms with Gasteiger partial charge in [0.1, 0.15) is 0 Å². The van der Waals surface area contributed by atoms with Crippen molar-refractivity contribution in [3.8, 4) is 0 Å². The van der Waals surface area contributed by atoms with Crippen molar-refractivity contribution in [2.24, 2.45) is 0 Å². The van der Waals surface area contributed by atoms with Gasteiger partial charge in [-0.3, -0.25) is 0 Å². The largest absolute Gasteiger partial charge is 0.462 e. The Balaban J connectivity index is 3.38. The van der Waals surface area contributed by atoms with E-state index in [9.17, 15) is 4.79 Å². The van der Waals surface area contributed by atoms with Gasteiger partial charge in [0.05, 0.1) is 18.3 Å². The first-order valence-corrected chi connectivity index (χ1v) is 6.13. The van der Waals surface area contributed by atoms with E-state index in [1.165, 1.54) is 32.6 Å². The molecule has 0 bridgehead atoms. The second-order valence-electron chi connectivity index (χ2n) is 4.10. The van der Waals surface area contributed by atoms with Gasteiger partial charge in [0.2, 0.25) is 0 Å². The number of rotatable bonds is 9. The fraction of sp³-hybridized carbons (Fsp3) is 0.769. The van der Waals surface area contributed by atoms with Crippen LogP contribution in [0.15, 0.2) is 12.2 Å². The Morgan fingerprint density at radius 3 is 2.38 bits per heavy atom. The third-order valence-electron chi connectivity index (χ3n) is 2.50. The molecule has 0 saturated carbocycles.